The topological polar surface area (TPSA) is 63.1 Å². The quantitative estimate of drug-likeness (QED) is 0.105. The van der Waals surface area contributed by atoms with Crippen LogP contribution in [0.15, 0.2) is 72.8 Å². The summed E-state index contributed by atoms with van der Waals surface area (Å²) in [5.41, 5.74) is 8.31. The van der Waals surface area contributed by atoms with E-state index in [1.807, 2.05) is 46.2 Å². The number of aromatic nitrogens is 2. The van der Waals surface area contributed by atoms with E-state index in [1.54, 1.807) is 0 Å². The first kappa shape index (κ1) is 34.4. The zero-order chi connectivity index (χ0) is 30.2. The van der Waals surface area contributed by atoms with Gasteiger partial charge in [0.15, 0.2) is 5.78 Å². The Morgan fingerprint density at radius 1 is 0.907 bits per heavy atom. The van der Waals surface area contributed by atoms with Gasteiger partial charge in [0.2, 0.25) is 0 Å². The first-order chi connectivity index (χ1) is 20.3. The van der Waals surface area contributed by atoms with Crippen molar-refractivity contribution in [2.24, 2.45) is 11.8 Å². The number of aliphatic hydroxyl groups is 1. The Balaban J connectivity index is 0.000000274. The van der Waals surface area contributed by atoms with Crippen molar-refractivity contribution in [1.29, 1.82) is 0 Å². The van der Waals surface area contributed by atoms with Gasteiger partial charge in [-0.2, -0.15) is 0 Å². The summed E-state index contributed by atoms with van der Waals surface area (Å²) in [6, 6.07) is 20.8. The third-order valence-electron chi connectivity index (χ3n) is 8.58. The number of aryl methyl sites for hydroxylation is 2. The zero-order valence-corrected chi connectivity index (χ0v) is 28.8. The second kappa shape index (κ2) is 16.1. The van der Waals surface area contributed by atoms with Crippen molar-refractivity contribution in [3.63, 3.8) is 0 Å². The molecular weight excluding hydrogens is 709 g/mol. The SMILES string of the molecule is CC(C)c1cc(-c2cc3c(cn2)CCc2cccnc2-3)[c-]c2ccccc12.CCC(CC)C(=O)/C=C(\O)C(CC)CC.[Ir]. The van der Waals surface area contributed by atoms with Gasteiger partial charge in [-0.1, -0.05) is 82.8 Å². The first-order valence-electron chi connectivity index (χ1n) is 15.6. The van der Waals surface area contributed by atoms with Crippen LogP contribution in [-0.2, 0) is 37.7 Å². The molecule has 2 aromatic heterocycles. The Bertz CT molecular complexity index is 1550. The van der Waals surface area contributed by atoms with E-state index in [9.17, 15) is 9.90 Å². The van der Waals surface area contributed by atoms with Crippen LogP contribution in [0.5, 0.6) is 0 Å². The average molecular weight is 754 g/mol. The number of ketones is 1. The predicted octanol–water partition coefficient (Wildman–Crippen LogP) is 9.85. The molecule has 1 N–H and O–H groups in total. The maximum Gasteiger partial charge on any atom is 0.162 e. The van der Waals surface area contributed by atoms with Gasteiger partial charge in [0.05, 0.1) is 11.5 Å². The molecule has 4 nitrogen and oxygen atoms in total. The van der Waals surface area contributed by atoms with Gasteiger partial charge >= 0.3 is 0 Å². The van der Waals surface area contributed by atoms with Gasteiger partial charge in [0.25, 0.3) is 0 Å². The minimum Gasteiger partial charge on any atom is -0.512 e. The monoisotopic (exact) mass is 754 g/mol. The molecule has 2 aromatic carbocycles. The van der Waals surface area contributed by atoms with E-state index in [2.05, 4.69) is 67.4 Å². The van der Waals surface area contributed by atoms with E-state index in [-0.39, 0.29) is 43.5 Å². The van der Waals surface area contributed by atoms with E-state index in [0.717, 1.165) is 60.9 Å². The second-order valence-corrected chi connectivity index (χ2v) is 11.6. The molecule has 1 radical (unpaired) electrons. The molecule has 0 saturated carbocycles. The molecule has 1 aliphatic rings. The van der Waals surface area contributed by atoms with Crippen LogP contribution in [-0.4, -0.2) is 20.9 Å². The summed E-state index contributed by atoms with van der Waals surface area (Å²) in [5, 5.41) is 12.2. The number of allylic oxidation sites excluding steroid dienone is 2. The van der Waals surface area contributed by atoms with E-state index >= 15 is 0 Å². The molecule has 0 fully saturated rings. The molecule has 5 rings (SSSR count). The number of fused-ring (bicyclic) bond motifs is 4. The Labute approximate surface area is 271 Å². The van der Waals surface area contributed by atoms with Crippen LogP contribution in [0.1, 0.15) is 89.8 Å². The molecule has 0 amide bonds. The normalized spacial score (nSPS) is 12.4. The van der Waals surface area contributed by atoms with Crippen molar-refractivity contribution in [3.8, 4) is 22.5 Å². The van der Waals surface area contributed by atoms with Crippen molar-refractivity contribution < 1.29 is 30.0 Å². The van der Waals surface area contributed by atoms with Gasteiger partial charge < -0.3 is 5.11 Å². The largest absolute Gasteiger partial charge is 0.512 e. The predicted molar refractivity (Wildman–Crippen MR) is 175 cm³/mol. The van der Waals surface area contributed by atoms with Crippen LogP contribution >= 0.6 is 0 Å². The number of carbonyl (C=O) groups is 1. The Kier molecular flexibility index (Phi) is 12.8. The number of rotatable bonds is 9. The molecule has 2 heterocycles. The Morgan fingerprint density at radius 3 is 2.26 bits per heavy atom. The summed E-state index contributed by atoms with van der Waals surface area (Å²) in [4.78, 5) is 21.2. The van der Waals surface area contributed by atoms with Crippen molar-refractivity contribution in [2.75, 3.05) is 0 Å². The number of nitrogens with zero attached hydrogens (tertiary/aromatic N) is 2. The van der Waals surface area contributed by atoms with Gasteiger partial charge in [-0.05, 0) is 67.2 Å². The van der Waals surface area contributed by atoms with Crippen LogP contribution in [0.25, 0.3) is 33.3 Å². The summed E-state index contributed by atoms with van der Waals surface area (Å²) in [7, 11) is 0. The molecule has 1 aliphatic carbocycles. The van der Waals surface area contributed by atoms with Gasteiger partial charge in [-0.25, -0.2) is 0 Å². The van der Waals surface area contributed by atoms with Gasteiger partial charge in [0.1, 0.15) is 0 Å². The Hall–Kier alpha value is -3.14. The number of carbonyl (C=O) groups excluding carboxylic acids is 1. The van der Waals surface area contributed by atoms with E-state index in [1.165, 1.54) is 33.7 Å². The van der Waals surface area contributed by atoms with Crippen LogP contribution < -0.4 is 0 Å². The number of benzene rings is 2. The third-order valence-corrected chi connectivity index (χ3v) is 8.58. The second-order valence-electron chi connectivity index (χ2n) is 11.6. The van der Waals surface area contributed by atoms with Crippen molar-refractivity contribution in [3.05, 3.63) is 95.5 Å². The average Bonchev–Trinajstić information content (AvgIpc) is 3.01. The minimum absolute atomic E-state index is 0. The van der Waals surface area contributed by atoms with Crippen LogP contribution in [0, 0.1) is 17.9 Å². The number of pyridine rings is 2. The van der Waals surface area contributed by atoms with Gasteiger partial charge in [0, 0.05) is 56.1 Å². The molecule has 0 unspecified atom stereocenters. The molecule has 0 saturated heterocycles. The van der Waals surface area contributed by atoms with Gasteiger partial charge in [-0.15, -0.1) is 29.1 Å². The summed E-state index contributed by atoms with van der Waals surface area (Å²) in [6.45, 7) is 12.6. The van der Waals surface area contributed by atoms with E-state index in [0.29, 0.717) is 5.92 Å². The number of hydrogen-bond donors (Lipinski definition) is 1. The molecule has 5 heteroatoms. The summed E-state index contributed by atoms with van der Waals surface area (Å²) in [5.74, 6) is 0.995. The fraction of sp³-hybridized carbons (Fsp3) is 0.395. The fourth-order valence-corrected chi connectivity index (χ4v) is 5.86. The maximum absolute atomic E-state index is 11.7. The summed E-state index contributed by atoms with van der Waals surface area (Å²) < 4.78 is 0. The molecule has 0 atom stereocenters. The number of aliphatic hydroxyl groups excluding tert-OH is 1. The Morgan fingerprint density at radius 2 is 1.58 bits per heavy atom. The van der Waals surface area contributed by atoms with Gasteiger partial charge in [-0.3, -0.25) is 14.8 Å². The minimum atomic E-state index is 0. The molecule has 229 valence electrons. The fourth-order valence-electron chi connectivity index (χ4n) is 5.86. The first-order valence-corrected chi connectivity index (χ1v) is 15.6. The van der Waals surface area contributed by atoms with Crippen molar-refractivity contribution in [1.82, 2.24) is 9.97 Å². The molecule has 0 spiro atoms. The summed E-state index contributed by atoms with van der Waals surface area (Å²) in [6.07, 6.45) is 10.9. The van der Waals surface area contributed by atoms with Crippen LogP contribution in [0.3, 0.4) is 0 Å². The van der Waals surface area contributed by atoms with Crippen LogP contribution in [0.4, 0.5) is 0 Å². The molecular formula is C38H45IrN2O2-. The summed E-state index contributed by atoms with van der Waals surface area (Å²) >= 11 is 0. The molecule has 4 aromatic rings. The number of hydrogen-bond acceptors (Lipinski definition) is 4. The third kappa shape index (κ3) is 8.07. The van der Waals surface area contributed by atoms with E-state index in [4.69, 9.17) is 4.98 Å². The van der Waals surface area contributed by atoms with Crippen molar-refractivity contribution in [2.45, 2.75) is 86.0 Å². The van der Waals surface area contributed by atoms with Crippen LogP contribution in [0.2, 0.25) is 0 Å². The molecule has 0 aliphatic heterocycles. The van der Waals surface area contributed by atoms with E-state index < -0.39 is 0 Å². The molecule has 43 heavy (non-hydrogen) atoms. The zero-order valence-electron chi connectivity index (χ0n) is 26.4. The molecule has 0 bridgehead atoms. The smallest absolute Gasteiger partial charge is 0.162 e. The standard InChI is InChI=1S/C25H21N2.C13H24O2.Ir/c1-16(2)22-13-20(12-18-6-3-4-8-21(18)22)24-14-23-19(15-27-24)10-9-17-7-5-11-26-25(17)23;1-5-10(6-2)12(14)9-13(15)11(7-3)8-4;/h3-8,11,13-16H,9-10H2,1-2H3;9-11,14H,5-8H2,1-4H3;/q-1;;/b;12-9-;. The maximum atomic E-state index is 11.7. The van der Waals surface area contributed by atoms with Crippen molar-refractivity contribution >= 4 is 16.6 Å².